The lowest BCUT2D eigenvalue weighted by Gasteiger charge is -2.22. The van der Waals surface area contributed by atoms with E-state index in [2.05, 4.69) is 17.6 Å². The van der Waals surface area contributed by atoms with Crippen LogP contribution in [0.15, 0.2) is 24.3 Å². The summed E-state index contributed by atoms with van der Waals surface area (Å²) in [4.78, 5) is 11.9. The van der Waals surface area contributed by atoms with Crippen LogP contribution in [0.5, 0.6) is 0 Å². The lowest BCUT2D eigenvalue weighted by Crippen LogP contribution is -2.24. The van der Waals surface area contributed by atoms with E-state index in [0.29, 0.717) is 0 Å². The minimum Gasteiger partial charge on any atom is -0.385 e. The molecule has 0 aromatic heterocycles. The highest BCUT2D eigenvalue weighted by Gasteiger charge is 2.13. The Morgan fingerprint density at radius 1 is 1.25 bits per heavy atom. The van der Waals surface area contributed by atoms with Crippen LogP contribution in [-0.4, -0.2) is 19.0 Å². The SMILES string of the molecule is CCCNC(=O)c1cccc(NCC2CCCCC2)c1. The summed E-state index contributed by atoms with van der Waals surface area (Å²) in [7, 11) is 0. The number of benzene rings is 1. The molecule has 0 unspecified atom stereocenters. The van der Waals surface area contributed by atoms with Crippen molar-refractivity contribution in [1.82, 2.24) is 5.32 Å². The van der Waals surface area contributed by atoms with Crippen LogP contribution >= 0.6 is 0 Å². The molecule has 3 nitrogen and oxygen atoms in total. The van der Waals surface area contributed by atoms with Gasteiger partial charge >= 0.3 is 0 Å². The van der Waals surface area contributed by atoms with Crippen LogP contribution in [0.2, 0.25) is 0 Å². The summed E-state index contributed by atoms with van der Waals surface area (Å²) < 4.78 is 0. The molecule has 1 aliphatic rings. The van der Waals surface area contributed by atoms with Crippen LogP contribution in [-0.2, 0) is 0 Å². The molecular weight excluding hydrogens is 248 g/mol. The predicted molar refractivity (Wildman–Crippen MR) is 84.1 cm³/mol. The second kappa shape index (κ2) is 7.93. The minimum atomic E-state index is 0.0215. The molecule has 110 valence electrons. The van der Waals surface area contributed by atoms with Gasteiger partial charge in [0.25, 0.3) is 5.91 Å². The van der Waals surface area contributed by atoms with E-state index in [9.17, 15) is 4.79 Å². The van der Waals surface area contributed by atoms with Gasteiger partial charge in [-0.15, -0.1) is 0 Å². The average Bonchev–Trinajstić information content (AvgIpc) is 2.52. The first kappa shape index (κ1) is 14.9. The highest BCUT2D eigenvalue weighted by Crippen LogP contribution is 2.24. The summed E-state index contributed by atoms with van der Waals surface area (Å²) in [5.74, 6) is 0.814. The molecule has 2 rings (SSSR count). The van der Waals surface area contributed by atoms with Crippen molar-refractivity contribution in [2.75, 3.05) is 18.4 Å². The molecule has 0 bridgehead atoms. The number of carbonyl (C=O) groups excluding carboxylic acids is 1. The molecule has 0 heterocycles. The van der Waals surface area contributed by atoms with Crippen molar-refractivity contribution in [2.24, 2.45) is 5.92 Å². The lowest BCUT2D eigenvalue weighted by atomic mass is 9.89. The minimum absolute atomic E-state index is 0.0215. The van der Waals surface area contributed by atoms with E-state index in [1.165, 1.54) is 32.1 Å². The van der Waals surface area contributed by atoms with Gasteiger partial charge in [-0.3, -0.25) is 4.79 Å². The van der Waals surface area contributed by atoms with E-state index < -0.39 is 0 Å². The molecular formula is C17H26N2O. The Kier molecular flexibility index (Phi) is 5.90. The molecule has 1 saturated carbocycles. The van der Waals surface area contributed by atoms with Crippen molar-refractivity contribution < 1.29 is 4.79 Å². The zero-order valence-corrected chi connectivity index (χ0v) is 12.5. The van der Waals surface area contributed by atoms with Gasteiger partial charge in [0, 0.05) is 24.3 Å². The molecule has 1 aliphatic carbocycles. The quantitative estimate of drug-likeness (QED) is 0.828. The van der Waals surface area contributed by atoms with E-state index in [-0.39, 0.29) is 5.91 Å². The topological polar surface area (TPSA) is 41.1 Å². The highest BCUT2D eigenvalue weighted by molar-refractivity contribution is 5.95. The normalized spacial score (nSPS) is 15.8. The Morgan fingerprint density at radius 3 is 2.80 bits per heavy atom. The molecule has 0 radical (unpaired) electrons. The summed E-state index contributed by atoms with van der Waals surface area (Å²) in [5.41, 5.74) is 1.80. The third kappa shape index (κ3) is 4.55. The Balaban J connectivity index is 1.86. The zero-order chi connectivity index (χ0) is 14.2. The van der Waals surface area contributed by atoms with Gasteiger partial charge in [0.1, 0.15) is 0 Å². The van der Waals surface area contributed by atoms with Crippen LogP contribution in [0.4, 0.5) is 5.69 Å². The van der Waals surface area contributed by atoms with E-state index in [4.69, 9.17) is 0 Å². The third-order valence-electron chi connectivity index (χ3n) is 3.98. The molecule has 0 spiro atoms. The predicted octanol–water partition coefficient (Wildman–Crippen LogP) is 3.82. The third-order valence-corrected chi connectivity index (χ3v) is 3.98. The van der Waals surface area contributed by atoms with Crippen LogP contribution in [0, 0.1) is 5.92 Å². The zero-order valence-electron chi connectivity index (χ0n) is 12.5. The van der Waals surface area contributed by atoms with Crippen LogP contribution in [0.25, 0.3) is 0 Å². The van der Waals surface area contributed by atoms with Gasteiger partial charge in [-0.1, -0.05) is 32.3 Å². The molecule has 20 heavy (non-hydrogen) atoms. The maximum absolute atomic E-state index is 11.9. The monoisotopic (exact) mass is 274 g/mol. The summed E-state index contributed by atoms with van der Waals surface area (Å²) in [6.45, 7) is 3.82. The number of hydrogen-bond donors (Lipinski definition) is 2. The largest absolute Gasteiger partial charge is 0.385 e. The number of rotatable bonds is 6. The van der Waals surface area contributed by atoms with E-state index in [1.54, 1.807) is 0 Å². The first-order chi connectivity index (χ1) is 9.79. The average molecular weight is 274 g/mol. The van der Waals surface area contributed by atoms with Gasteiger partial charge in [0.15, 0.2) is 0 Å². The first-order valence-electron chi connectivity index (χ1n) is 7.91. The summed E-state index contributed by atoms with van der Waals surface area (Å²) in [5, 5.41) is 6.40. The first-order valence-corrected chi connectivity index (χ1v) is 7.91. The van der Waals surface area contributed by atoms with E-state index in [0.717, 1.165) is 36.7 Å². The molecule has 1 amide bonds. The molecule has 1 aromatic carbocycles. The molecule has 0 atom stereocenters. The number of amides is 1. The standard InChI is InChI=1S/C17H26N2O/c1-2-11-18-17(20)15-9-6-10-16(12-15)19-13-14-7-4-3-5-8-14/h6,9-10,12,14,19H,2-5,7-8,11,13H2,1H3,(H,18,20). The maximum Gasteiger partial charge on any atom is 0.251 e. The van der Waals surface area contributed by atoms with Crippen molar-refractivity contribution in [1.29, 1.82) is 0 Å². The Labute approximate surface area is 122 Å². The van der Waals surface area contributed by atoms with Crippen molar-refractivity contribution >= 4 is 11.6 Å². The fraction of sp³-hybridized carbons (Fsp3) is 0.588. The fourth-order valence-electron chi connectivity index (χ4n) is 2.76. The van der Waals surface area contributed by atoms with Gasteiger partial charge in [-0.25, -0.2) is 0 Å². The Bertz CT molecular complexity index is 425. The van der Waals surface area contributed by atoms with Gasteiger partial charge < -0.3 is 10.6 Å². The number of hydrogen-bond acceptors (Lipinski definition) is 2. The molecule has 3 heteroatoms. The lowest BCUT2D eigenvalue weighted by molar-refractivity contribution is 0.0953. The van der Waals surface area contributed by atoms with Gasteiger partial charge in [-0.05, 0) is 43.4 Å². The van der Waals surface area contributed by atoms with Crippen molar-refractivity contribution in [3.05, 3.63) is 29.8 Å². The molecule has 2 N–H and O–H groups in total. The molecule has 0 saturated heterocycles. The number of carbonyl (C=O) groups is 1. The number of nitrogens with one attached hydrogen (secondary N) is 2. The second-order valence-electron chi connectivity index (χ2n) is 5.72. The van der Waals surface area contributed by atoms with Crippen molar-refractivity contribution in [2.45, 2.75) is 45.4 Å². The number of anilines is 1. The van der Waals surface area contributed by atoms with E-state index >= 15 is 0 Å². The summed E-state index contributed by atoms with van der Waals surface area (Å²) in [6.07, 6.45) is 7.76. The fourth-order valence-corrected chi connectivity index (χ4v) is 2.76. The van der Waals surface area contributed by atoms with Crippen LogP contribution in [0.1, 0.15) is 55.8 Å². The maximum atomic E-state index is 11.9. The molecule has 0 aliphatic heterocycles. The van der Waals surface area contributed by atoms with Gasteiger partial charge in [0.05, 0.1) is 0 Å². The molecule has 1 fully saturated rings. The van der Waals surface area contributed by atoms with Crippen LogP contribution < -0.4 is 10.6 Å². The van der Waals surface area contributed by atoms with Crippen molar-refractivity contribution in [3.63, 3.8) is 0 Å². The van der Waals surface area contributed by atoms with Crippen molar-refractivity contribution in [3.8, 4) is 0 Å². The second-order valence-corrected chi connectivity index (χ2v) is 5.72. The Morgan fingerprint density at radius 2 is 2.05 bits per heavy atom. The smallest absolute Gasteiger partial charge is 0.251 e. The molecule has 1 aromatic rings. The van der Waals surface area contributed by atoms with E-state index in [1.807, 2.05) is 24.3 Å². The highest BCUT2D eigenvalue weighted by atomic mass is 16.1. The van der Waals surface area contributed by atoms with Gasteiger partial charge in [0.2, 0.25) is 0 Å². The summed E-state index contributed by atoms with van der Waals surface area (Å²) in [6, 6.07) is 7.81. The summed E-state index contributed by atoms with van der Waals surface area (Å²) >= 11 is 0. The van der Waals surface area contributed by atoms with Gasteiger partial charge in [-0.2, -0.15) is 0 Å². The Hall–Kier alpha value is -1.51. The van der Waals surface area contributed by atoms with Crippen LogP contribution in [0.3, 0.4) is 0 Å².